The Balaban J connectivity index is 2.02. The molecule has 1 N–H and O–H groups in total. The smallest absolute Gasteiger partial charge is 0.165 e. The van der Waals surface area contributed by atoms with Crippen LogP contribution in [0.5, 0.6) is 5.75 Å². The van der Waals surface area contributed by atoms with Crippen LogP contribution in [0.3, 0.4) is 0 Å². The Labute approximate surface area is 101 Å². The summed E-state index contributed by atoms with van der Waals surface area (Å²) in [5.74, 6) is -0.852. The second-order valence-electron chi connectivity index (χ2n) is 4.74. The van der Waals surface area contributed by atoms with Gasteiger partial charge >= 0.3 is 0 Å². The number of aromatic hydroxyl groups is 1. The lowest BCUT2D eigenvalue weighted by Gasteiger charge is -2.35. The van der Waals surface area contributed by atoms with Crippen LogP contribution in [-0.4, -0.2) is 35.3 Å². The highest BCUT2D eigenvalue weighted by Crippen LogP contribution is 2.19. The van der Waals surface area contributed by atoms with E-state index in [9.17, 15) is 4.39 Å². The predicted molar refractivity (Wildman–Crippen MR) is 63.4 cm³/mol. The maximum atomic E-state index is 13.2. The van der Waals surface area contributed by atoms with E-state index in [1.54, 1.807) is 6.07 Å². The SMILES string of the molecule is CC1CN(Cc2ccc(O)c(F)c2)CC(C)O1. The lowest BCUT2D eigenvalue weighted by molar-refractivity contribution is -0.0705. The lowest BCUT2D eigenvalue weighted by Crippen LogP contribution is -2.44. The van der Waals surface area contributed by atoms with Crippen LogP contribution < -0.4 is 0 Å². The fourth-order valence-electron chi connectivity index (χ4n) is 2.32. The van der Waals surface area contributed by atoms with Crippen molar-refractivity contribution < 1.29 is 14.2 Å². The molecule has 0 aliphatic carbocycles. The van der Waals surface area contributed by atoms with Crippen molar-refractivity contribution >= 4 is 0 Å². The summed E-state index contributed by atoms with van der Waals surface area (Å²) in [5.41, 5.74) is 0.876. The number of hydrogen-bond donors (Lipinski definition) is 1. The van der Waals surface area contributed by atoms with Gasteiger partial charge in [0.15, 0.2) is 11.6 Å². The average Bonchev–Trinajstić information content (AvgIpc) is 2.22. The second-order valence-corrected chi connectivity index (χ2v) is 4.74. The van der Waals surface area contributed by atoms with Gasteiger partial charge in [0.2, 0.25) is 0 Å². The van der Waals surface area contributed by atoms with E-state index in [0.29, 0.717) is 6.54 Å². The first-order valence-corrected chi connectivity index (χ1v) is 5.90. The van der Waals surface area contributed by atoms with Crippen LogP contribution in [0.2, 0.25) is 0 Å². The highest BCUT2D eigenvalue weighted by Gasteiger charge is 2.22. The molecule has 0 aromatic heterocycles. The largest absolute Gasteiger partial charge is 0.505 e. The van der Waals surface area contributed by atoms with Crippen molar-refractivity contribution in [2.45, 2.75) is 32.6 Å². The fourth-order valence-corrected chi connectivity index (χ4v) is 2.32. The van der Waals surface area contributed by atoms with Gasteiger partial charge in [-0.15, -0.1) is 0 Å². The normalized spacial score (nSPS) is 26.1. The number of morpholine rings is 1. The topological polar surface area (TPSA) is 32.7 Å². The number of hydrogen-bond acceptors (Lipinski definition) is 3. The van der Waals surface area contributed by atoms with E-state index in [2.05, 4.69) is 4.90 Å². The summed E-state index contributed by atoms with van der Waals surface area (Å²) in [7, 11) is 0. The zero-order valence-electron chi connectivity index (χ0n) is 10.2. The van der Waals surface area contributed by atoms with Gasteiger partial charge in [-0.3, -0.25) is 4.90 Å². The van der Waals surface area contributed by atoms with Crippen molar-refractivity contribution in [3.05, 3.63) is 29.6 Å². The number of nitrogens with zero attached hydrogens (tertiary/aromatic N) is 1. The third-order valence-electron chi connectivity index (χ3n) is 2.91. The third kappa shape index (κ3) is 3.17. The van der Waals surface area contributed by atoms with Crippen LogP contribution in [0.1, 0.15) is 19.4 Å². The van der Waals surface area contributed by atoms with Crippen molar-refractivity contribution in [3.63, 3.8) is 0 Å². The Morgan fingerprint density at radius 1 is 1.35 bits per heavy atom. The fraction of sp³-hybridized carbons (Fsp3) is 0.538. The number of phenolic OH excluding ortho intramolecular Hbond substituents is 1. The standard InChI is InChI=1S/C13H18FNO2/c1-9-6-15(7-10(2)17-9)8-11-3-4-13(16)12(14)5-11/h3-5,9-10,16H,6-8H2,1-2H3. The van der Waals surface area contributed by atoms with E-state index in [1.165, 1.54) is 12.1 Å². The molecule has 0 spiro atoms. The summed E-state index contributed by atoms with van der Waals surface area (Å²) in [6.07, 6.45) is 0.418. The van der Waals surface area contributed by atoms with E-state index in [4.69, 9.17) is 9.84 Å². The quantitative estimate of drug-likeness (QED) is 0.858. The summed E-state index contributed by atoms with van der Waals surface area (Å²) in [5, 5.41) is 9.13. The van der Waals surface area contributed by atoms with Gasteiger partial charge in [0.1, 0.15) is 0 Å². The molecule has 1 saturated heterocycles. The molecule has 2 unspecified atom stereocenters. The molecule has 1 aromatic rings. The van der Waals surface area contributed by atoms with Crippen molar-refractivity contribution in [2.24, 2.45) is 0 Å². The van der Waals surface area contributed by atoms with Crippen LogP contribution >= 0.6 is 0 Å². The molecule has 2 atom stereocenters. The summed E-state index contributed by atoms with van der Waals surface area (Å²) >= 11 is 0. The Bertz CT molecular complexity index is 387. The Kier molecular flexibility index (Phi) is 3.64. The van der Waals surface area contributed by atoms with E-state index in [0.717, 1.165) is 18.7 Å². The molecule has 3 nitrogen and oxygen atoms in total. The number of rotatable bonds is 2. The minimum atomic E-state index is -0.558. The van der Waals surface area contributed by atoms with Crippen molar-refractivity contribution in [2.75, 3.05) is 13.1 Å². The van der Waals surface area contributed by atoms with Gasteiger partial charge < -0.3 is 9.84 Å². The maximum absolute atomic E-state index is 13.2. The van der Waals surface area contributed by atoms with Crippen LogP contribution in [0, 0.1) is 5.82 Å². The van der Waals surface area contributed by atoms with Crippen LogP contribution in [-0.2, 0) is 11.3 Å². The summed E-state index contributed by atoms with van der Waals surface area (Å²) in [6, 6.07) is 4.54. The van der Waals surface area contributed by atoms with E-state index >= 15 is 0 Å². The molecule has 1 aromatic carbocycles. The van der Waals surface area contributed by atoms with Gasteiger partial charge in [0.05, 0.1) is 12.2 Å². The van der Waals surface area contributed by atoms with Gasteiger partial charge in [0, 0.05) is 19.6 Å². The van der Waals surface area contributed by atoms with E-state index in [-0.39, 0.29) is 18.0 Å². The van der Waals surface area contributed by atoms with Gasteiger partial charge in [-0.1, -0.05) is 6.07 Å². The molecular weight excluding hydrogens is 221 g/mol. The molecule has 1 fully saturated rings. The number of benzene rings is 1. The number of phenols is 1. The Hall–Kier alpha value is -1.13. The van der Waals surface area contributed by atoms with Crippen molar-refractivity contribution in [1.29, 1.82) is 0 Å². The zero-order chi connectivity index (χ0) is 12.4. The minimum absolute atomic E-state index is 0.209. The first kappa shape index (κ1) is 12.3. The van der Waals surface area contributed by atoms with Gasteiger partial charge in [-0.05, 0) is 31.5 Å². The Morgan fingerprint density at radius 3 is 2.59 bits per heavy atom. The third-order valence-corrected chi connectivity index (χ3v) is 2.91. The van der Waals surface area contributed by atoms with E-state index < -0.39 is 5.82 Å². The molecule has 1 aliphatic rings. The second kappa shape index (κ2) is 5.02. The highest BCUT2D eigenvalue weighted by atomic mass is 19.1. The van der Waals surface area contributed by atoms with E-state index in [1.807, 2.05) is 13.8 Å². The lowest BCUT2D eigenvalue weighted by atomic mass is 10.1. The molecule has 94 valence electrons. The molecule has 1 aliphatic heterocycles. The van der Waals surface area contributed by atoms with Gasteiger partial charge in [-0.2, -0.15) is 0 Å². The Morgan fingerprint density at radius 2 is 2.00 bits per heavy atom. The molecule has 4 heteroatoms. The molecule has 17 heavy (non-hydrogen) atoms. The van der Waals surface area contributed by atoms with Gasteiger partial charge in [-0.25, -0.2) is 4.39 Å². The summed E-state index contributed by atoms with van der Waals surface area (Å²) in [6.45, 7) is 6.48. The molecule has 0 amide bonds. The molecule has 0 bridgehead atoms. The van der Waals surface area contributed by atoms with Gasteiger partial charge in [0.25, 0.3) is 0 Å². The molecule has 1 heterocycles. The zero-order valence-corrected chi connectivity index (χ0v) is 10.2. The van der Waals surface area contributed by atoms with Crippen molar-refractivity contribution in [3.8, 4) is 5.75 Å². The summed E-state index contributed by atoms with van der Waals surface area (Å²) in [4.78, 5) is 2.24. The summed E-state index contributed by atoms with van der Waals surface area (Å²) < 4.78 is 18.8. The highest BCUT2D eigenvalue weighted by molar-refractivity contribution is 5.27. The van der Waals surface area contributed by atoms with Crippen LogP contribution in [0.4, 0.5) is 4.39 Å². The minimum Gasteiger partial charge on any atom is -0.505 e. The van der Waals surface area contributed by atoms with Crippen LogP contribution in [0.15, 0.2) is 18.2 Å². The average molecular weight is 239 g/mol. The predicted octanol–water partition coefficient (Wildman–Crippen LogP) is 2.14. The maximum Gasteiger partial charge on any atom is 0.165 e. The number of halogens is 1. The molecular formula is C13H18FNO2. The number of ether oxygens (including phenoxy) is 1. The molecule has 0 radical (unpaired) electrons. The first-order chi connectivity index (χ1) is 8.04. The molecule has 2 rings (SSSR count). The van der Waals surface area contributed by atoms with Crippen molar-refractivity contribution in [1.82, 2.24) is 4.90 Å². The van der Waals surface area contributed by atoms with Crippen LogP contribution in [0.25, 0.3) is 0 Å². The monoisotopic (exact) mass is 239 g/mol. The molecule has 0 saturated carbocycles. The first-order valence-electron chi connectivity index (χ1n) is 5.90.